The molecule has 1 aromatic heterocycles. The number of hydrogen-bond acceptors (Lipinski definition) is 3. The largest absolute Gasteiger partial charge is 0.346 e. The lowest BCUT2D eigenvalue weighted by Gasteiger charge is -2.11. The molecule has 1 heterocycles. The van der Waals surface area contributed by atoms with Gasteiger partial charge in [-0.3, -0.25) is 9.59 Å². The zero-order valence-electron chi connectivity index (χ0n) is 14.1. The van der Waals surface area contributed by atoms with Crippen LogP contribution < -0.4 is 5.32 Å². The van der Waals surface area contributed by atoms with Crippen molar-refractivity contribution in [3.05, 3.63) is 65.5 Å². The lowest BCUT2D eigenvalue weighted by molar-refractivity contribution is -0.121. The third-order valence-electron chi connectivity index (χ3n) is 4.01. The van der Waals surface area contributed by atoms with Gasteiger partial charge in [-0.15, -0.1) is 0 Å². The fraction of sp³-hybridized carbons (Fsp3) is 0.211. The molecule has 1 unspecified atom stereocenters. The molecule has 0 saturated heterocycles. The number of aromatic nitrogens is 2. The van der Waals surface area contributed by atoms with Crippen molar-refractivity contribution in [3.8, 4) is 0 Å². The van der Waals surface area contributed by atoms with Crippen LogP contribution in [0, 0.1) is 11.6 Å². The van der Waals surface area contributed by atoms with Crippen LogP contribution in [0.4, 0.5) is 8.78 Å². The SMILES string of the molecule is CC(NC(=O)CCC(=O)c1ccc(F)cc1F)c1nc2ccccc2[nH]1. The van der Waals surface area contributed by atoms with Crippen LogP contribution in [0.3, 0.4) is 0 Å². The first-order valence-corrected chi connectivity index (χ1v) is 8.16. The van der Waals surface area contributed by atoms with Gasteiger partial charge in [0.2, 0.25) is 5.91 Å². The van der Waals surface area contributed by atoms with Crippen molar-refractivity contribution >= 4 is 22.7 Å². The number of ketones is 1. The quantitative estimate of drug-likeness (QED) is 0.661. The van der Waals surface area contributed by atoms with E-state index in [1.165, 1.54) is 0 Å². The summed E-state index contributed by atoms with van der Waals surface area (Å²) in [5, 5.41) is 2.75. The molecule has 1 amide bonds. The van der Waals surface area contributed by atoms with E-state index in [0.717, 1.165) is 23.2 Å². The highest BCUT2D eigenvalue weighted by Gasteiger charge is 2.17. The molecular formula is C19H17F2N3O2. The Morgan fingerprint density at radius 3 is 2.65 bits per heavy atom. The van der Waals surface area contributed by atoms with Crippen LogP contribution in [-0.4, -0.2) is 21.7 Å². The maximum absolute atomic E-state index is 13.6. The van der Waals surface area contributed by atoms with E-state index in [0.29, 0.717) is 11.9 Å². The van der Waals surface area contributed by atoms with Gasteiger partial charge in [-0.25, -0.2) is 13.8 Å². The summed E-state index contributed by atoms with van der Waals surface area (Å²) in [6.07, 6.45) is -0.262. The average molecular weight is 357 g/mol. The lowest BCUT2D eigenvalue weighted by Crippen LogP contribution is -2.27. The number of hydrogen-bond donors (Lipinski definition) is 2. The Hall–Kier alpha value is -3.09. The van der Waals surface area contributed by atoms with Crippen LogP contribution in [-0.2, 0) is 4.79 Å². The van der Waals surface area contributed by atoms with Gasteiger partial charge in [0.25, 0.3) is 0 Å². The van der Waals surface area contributed by atoms with Crippen molar-refractivity contribution < 1.29 is 18.4 Å². The minimum Gasteiger partial charge on any atom is -0.346 e. The van der Waals surface area contributed by atoms with Crippen LogP contribution in [0.1, 0.15) is 42.0 Å². The summed E-state index contributed by atoms with van der Waals surface area (Å²) in [5.41, 5.74) is 1.45. The summed E-state index contributed by atoms with van der Waals surface area (Å²) in [6, 6.07) is 9.88. The number of nitrogens with zero attached hydrogens (tertiary/aromatic N) is 1. The van der Waals surface area contributed by atoms with Gasteiger partial charge in [0.05, 0.1) is 22.6 Å². The maximum atomic E-state index is 13.6. The molecule has 3 rings (SSSR count). The number of halogens is 2. The third-order valence-corrected chi connectivity index (χ3v) is 4.01. The predicted molar refractivity (Wildman–Crippen MR) is 92.6 cm³/mol. The van der Waals surface area contributed by atoms with Crippen molar-refractivity contribution in [2.24, 2.45) is 0 Å². The zero-order valence-corrected chi connectivity index (χ0v) is 14.1. The molecule has 3 aromatic rings. The molecule has 2 N–H and O–H groups in total. The van der Waals surface area contributed by atoms with Crippen LogP contribution in [0.2, 0.25) is 0 Å². The second kappa shape index (κ2) is 7.43. The lowest BCUT2D eigenvalue weighted by atomic mass is 10.1. The molecule has 5 nitrogen and oxygen atoms in total. The Morgan fingerprint density at radius 1 is 1.15 bits per heavy atom. The summed E-state index contributed by atoms with van der Waals surface area (Å²) in [6.45, 7) is 1.77. The second-order valence-electron chi connectivity index (χ2n) is 5.98. The number of H-pyrrole nitrogens is 1. The summed E-state index contributed by atoms with van der Waals surface area (Å²) in [7, 11) is 0. The molecule has 0 fully saturated rings. The molecule has 0 aliphatic heterocycles. The number of benzene rings is 2. The molecule has 0 aliphatic carbocycles. The van der Waals surface area contributed by atoms with E-state index in [-0.39, 0.29) is 30.4 Å². The molecule has 1 atom stereocenters. The van der Waals surface area contributed by atoms with Crippen molar-refractivity contribution in [1.82, 2.24) is 15.3 Å². The summed E-state index contributed by atoms with van der Waals surface area (Å²) < 4.78 is 26.5. The van der Waals surface area contributed by atoms with Crippen LogP contribution in [0.5, 0.6) is 0 Å². The van der Waals surface area contributed by atoms with Gasteiger partial charge in [-0.1, -0.05) is 12.1 Å². The Bertz CT molecular complexity index is 935. The number of imidazole rings is 1. The molecule has 134 valence electrons. The highest BCUT2D eigenvalue weighted by Crippen LogP contribution is 2.16. The summed E-state index contributed by atoms with van der Waals surface area (Å²) >= 11 is 0. The zero-order chi connectivity index (χ0) is 18.7. The van der Waals surface area contributed by atoms with Gasteiger partial charge in [-0.2, -0.15) is 0 Å². The molecule has 0 spiro atoms. The Labute approximate surface area is 148 Å². The maximum Gasteiger partial charge on any atom is 0.221 e. The average Bonchev–Trinajstić information content (AvgIpc) is 3.04. The van der Waals surface area contributed by atoms with Gasteiger partial charge in [0.1, 0.15) is 17.5 Å². The van der Waals surface area contributed by atoms with E-state index >= 15 is 0 Å². The van der Waals surface area contributed by atoms with E-state index < -0.39 is 17.4 Å². The number of rotatable bonds is 6. The van der Waals surface area contributed by atoms with E-state index in [4.69, 9.17) is 0 Å². The smallest absolute Gasteiger partial charge is 0.221 e. The third kappa shape index (κ3) is 3.93. The van der Waals surface area contributed by atoms with E-state index in [9.17, 15) is 18.4 Å². The highest BCUT2D eigenvalue weighted by atomic mass is 19.1. The van der Waals surface area contributed by atoms with Crippen LogP contribution in [0.25, 0.3) is 11.0 Å². The Kier molecular flexibility index (Phi) is 5.06. The fourth-order valence-electron chi connectivity index (χ4n) is 2.64. The Morgan fingerprint density at radius 2 is 1.92 bits per heavy atom. The number of para-hydroxylation sites is 2. The van der Waals surface area contributed by atoms with E-state index in [1.807, 2.05) is 24.3 Å². The van der Waals surface area contributed by atoms with Gasteiger partial charge in [0, 0.05) is 18.9 Å². The topological polar surface area (TPSA) is 74.8 Å². The summed E-state index contributed by atoms with van der Waals surface area (Å²) in [4.78, 5) is 31.6. The number of amides is 1. The molecule has 0 saturated carbocycles. The van der Waals surface area contributed by atoms with Gasteiger partial charge < -0.3 is 10.3 Å². The van der Waals surface area contributed by atoms with Crippen molar-refractivity contribution in [2.75, 3.05) is 0 Å². The number of Topliss-reactive ketones (excluding diaryl/α,β-unsaturated/α-hetero) is 1. The minimum atomic E-state index is -0.925. The fourth-order valence-corrected chi connectivity index (χ4v) is 2.64. The van der Waals surface area contributed by atoms with Crippen molar-refractivity contribution in [3.63, 3.8) is 0 Å². The standard InChI is InChI=1S/C19H17F2N3O2/c1-11(19-23-15-4-2-3-5-16(15)24-19)22-18(26)9-8-17(25)13-7-6-12(20)10-14(13)21/h2-7,10-11H,8-9H2,1H3,(H,22,26)(H,23,24). The number of fused-ring (bicyclic) bond motifs is 1. The molecular weight excluding hydrogens is 340 g/mol. The first kappa shape index (κ1) is 17.7. The molecule has 2 aromatic carbocycles. The number of aromatic amines is 1. The first-order chi connectivity index (χ1) is 12.4. The summed E-state index contributed by atoms with van der Waals surface area (Å²) in [5.74, 6) is -1.97. The normalized spacial score (nSPS) is 12.1. The second-order valence-corrected chi connectivity index (χ2v) is 5.98. The highest BCUT2D eigenvalue weighted by molar-refractivity contribution is 5.98. The van der Waals surface area contributed by atoms with Crippen LogP contribution in [0.15, 0.2) is 42.5 Å². The van der Waals surface area contributed by atoms with E-state index in [1.54, 1.807) is 6.92 Å². The minimum absolute atomic E-state index is 0.0970. The van der Waals surface area contributed by atoms with Crippen molar-refractivity contribution in [1.29, 1.82) is 0 Å². The van der Waals surface area contributed by atoms with E-state index in [2.05, 4.69) is 15.3 Å². The molecule has 7 heteroatoms. The first-order valence-electron chi connectivity index (χ1n) is 8.16. The number of nitrogens with one attached hydrogen (secondary N) is 2. The molecule has 26 heavy (non-hydrogen) atoms. The molecule has 0 aliphatic rings. The number of carbonyl (C=O) groups is 2. The van der Waals surface area contributed by atoms with Gasteiger partial charge in [0.15, 0.2) is 5.78 Å². The monoisotopic (exact) mass is 357 g/mol. The molecule has 0 radical (unpaired) electrons. The van der Waals surface area contributed by atoms with Crippen molar-refractivity contribution in [2.45, 2.75) is 25.8 Å². The van der Waals surface area contributed by atoms with Gasteiger partial charge >= 0.3 is 0 Å². The number of carbonyl (C=O) groups excluding carboxylic acids is 2. The predicted octanol–water partition coefficient (Wildman–Crippen LogP) is 3.68. The van der Waals surface area contributed by atoms with Crippen LogP contribution >= 0.6 is 0 Å². The Balaban J connectivity index is 1.57. The molecule has 0 bridgehead atoms. The van der Waals surface area contributed by atoms with Gasteiger partial charge in [-0.05, 0) is 31.2 Å².